The highest BCUT2D eigenvalue weighted by molar-refractivity contribution is 5.91. The van der Waals surface area contributed by atoms with Crippen LogP contribution in [0.4, 0.5) is 22.0 Å². The number of ether oxygens (including phenoxy) is 2. The number of aldehydes is 1. The van der Waals surface area contributed by atoms with E-state index in [9.17, 15) is 26.7 Å². The summed E-state index contributed by atoms with van der Waals surface area (Å²) in [4.78, 5) is 22.3. The molecule has 3 aromatic rings. The number of aromatic nitrogens is 3. The van der Waals surface area contributed by atoms with Gasteiger partial charge in [0.15, 0.2) is 23.5 Å². The first-order valence-corrected chi connectivity index (χ1v) is 10.2. The first-order chi connectivity index (χ1) is 16.0. The number of rotatable bonds is 4. The van der Waals surface area contributed by atoms with Crippen molar-refractivity contribution in [3.05, 3.63) is 53.1 Å². The molecule has 4 rings (SSSR count). The molecule has 0 saturated carbocycles. The van der Waals surface area contributed by atoms with Crippen LogP contribution < -0.4 is 10.5 Å². The summed E-state index contributed by atoms with van der Waals surface area (Å²) in [5.74, 6) is -5.37. The minimum atomic E-state index is -4.77. The fourth-order valence-electron chi connectivity index (χ4n) is 4.25. The van der Waals surface area contributed by atoms with Gasteiger partial charge in [-0.2, -0.15) is 17.6 Å². The molecule has 0 bridgehead atoms. The third kappa shape index (κ3) is 3.90. The minimum absolute atomic E-state index is 0.00316. The zero-order valence-corrected chi connectivity index (χ0v) is 18.7. The summed E-state index contributed by atoms with van der Waals surface area (Å²) < 4.78 is 80.9. The molecule has 1 saturated heterocycles. The topological polar surface area (TPSA) is 103 Å². The standard InChI is InChI=1S/C21H18F5N3O3.CH5N/c1-9-14(10-4-5-11(22)15(23)17(10)31-3)18(32-20(9,2)21(24,25)26)19-28-12-6-7-27-13(8-30)16(12)29-19;1-2/h4-9,14,18H,1-3H3,(H,28,29);2H2,1H3/t9?,14?,18-,20-;/m1./s1. The quantitative estimate of drug-likeness (QED) is 0.418. The monoisotopic (exact) mass is 486 g/mol. The van der Waals surface area contributed by atoms with Crippen molar-refractivity contribution < 1.29 is 36.2 Å². The smallest absolute Gasteiger partial charge is 0.417 e. The van der Waals surface area contributed by atoms with Crippen LogP contribution in [0.15, 0.2) is 24.4 Å². The first kappa shape index (κ1) is 25.5. The highest BCUT2D eigenvalue weighted by atomic mass is 19.4. The van der Waals surface area contributed by atoms with Crippen LogP contribution in [0.1, 0.15) is 47.7 Å². The van der Waals surface area contributed by atoms with Crippen LogP contribution in [0, 0.1) is 17.6 Å². The van der Waals surface area contributed by atoms with Crippen LogP contribution in [-0.2, 0) is 4.74 Å². The number of nitrogens with zero attached hydrogens (tertiary/aromatic N) is 2. The molecule has 1 aliphatic heterocycles. The molecule has 3 heterocycles. The maximum Gasteiger partial charge on any atom is 0.417 e. The Labute approximate surface area is 191 Å². The van der Waals surface area contributed by atoms with E-state index in [-0.39, 0.29) is 22.6 Å². The molecular formula is C22H23F5N4O3. The minimum Gasteiger partial charge on any atom is -0.493 e. The lowest BCUT2D eigenvalue weighted by atomic mass is 9.77. The van der Waals surface area contributed by atoms with E-state index in [0.29, 0.717) is 11.8 Å². The summed E-state index contributed by atoms with van der Waals surface area (Å²) in [5.41, 5.74) is 2.40. The van der Waals surface area contributed by atoms with Crippen molar-refractivity contribution in [3.8, 4) is 5.75 Å². The Balaban J connectivity index is 0.00000158. The van der Waals surface area contributed by atoms with Crippen LogP contribution in [0.3, 0.4) is 0 Å². The largest absolute Gasteiger partial charge is 0.493 e. The lowest BCUT2D eigenvalue weighted by Crippen LogP contribution is -2.46. The van der Waals surface area contributed by atoms with Crippen molar-refractivity contribution in [3.63, 3.8) is 0 Å². The Bertz CT molecular complexity index is 1200. The first-order valence-electron chi connectivity index (χ1n) is 10.2. The van der Waals surface area contributed by atoms with E-state index >= 15 is 0 Å². The highest BCUT2D eigenvalue weighted by Gasteiger charge is 2.65. The van der Waals surface area contributed by atoms with Crippen LogP contribution >= 0.6 is 0 Å². The summed E-state index contributed by atoms with van der Waals surface area (Å²) in [7, 11) is 2.60. The van der Waals surface area contributed by atoms with Crippen LogP contribution in [0.2, 0.25) is 0 Å². The Morgan fingerprint density at radius 2 is 1.91 bits per heavy atom. The van der Waals surface area contributed by atoms with Crippen molar-refractivity contribution in [2.24, 2.45) is 11.7 Å². The van der Waals surface area contributed by atoms with Crippen LogP contribution in [-0.4, -0.2) is 47.2 Å². The molecule has 0 aliphatic carbocycles. The van der Waals surface area contributed by atoms with E-state index in [1.165, 1.54) is 32.3 Å². The molecule has 2 unspecified atom stereocenters. The van der Waals surface area contributed by atoms with Crippen LogP contribution in [0.5, 0.6) is 5.75 Å². The normalized spacial score (nSPS) is 24.6. The molecule has 0 amide bonds. The fourth-order valence-corrected chi connectivity index (χ4v) is 4.25. The van der Waals surface area contributed by atoms with E-state index in [0.717, 1.165) is 20.1 Å². The van der Waals surface area contributed by atoms with Crippen molar-refractivity contribution in [2.45, 2.75) is 37.6 Å². The zero-order valence-electron chi connectivity index (χ0n) is 18.7. The molecule has 0 spiro atoms. The second kappa shape index (κ2) is 9.26. The van der Waals surface area contributed by atoms with Gasteiger partial charge in [0.2, 0.25) is 5.82 Å². The maximum atomic E-state index is 14.4. The van der Waals surface area contributed by atoms with E-state index in [2.05, 4.69) is 20.7 Å². The summed E-state index contributed by atoms with van der Waals surface area (Å²) in [6.45, 7) is 2.22. The fraction of sp³-hybridized carbons (Fsp3) is 0.409. The molecule has 4 atom stereocenters. The van der Waals surface area contributed by atoms with Crippen molar-refractivity contribution in [1.82, 2.24) is 15.0 Å². The van der Waals surface area contributed by atoms with Crippen molar-refractivity contribution >= 4 is 17.3 Å². The zero-order chi connectivity index (χ0) is 25.4. The summed E-state index contributed by atoms with van der Waals surface area (Å²) in [6, 6.07) is 3.51. The van der Waals surface area contributed by atoms with Gasteiger partial charge >= 0.3 is 6.18 Å². The van der Waals surface area contributed by atoms with Gasteiger partial charge in [0.25, 0.3) is 0 Å². The predicted molar refractivity (Wildman–Crippen MR) is 112 cm³/mol. The van der Waals surface area contributed by atoms with Gasteiger partial charge in [-0.25, -0.2) is 9.37 Å². The second-order valence-corrected chi connectivity index (χ2v) is 7.77. The molecular weight excluding hydrogens is 463 g/mol. The molecule has 0 radical (unpaired) electrons. The molecule has 12 heteroatoms. The number of nitrogens with one attached hydrogen (secondary N) is 1. The average molecular weight is 486 g/mol. The van der Waals surface area contributed by atoms with Gasteiger partial charge in [0.05, 0.1) is 12.6 Å². The number of carbonyl (C=O) groups excluding carboxylic acids is 1. The number of carbonyl (C=O) groups is 1. The number of benzene rings is 1. The lowest BCUT2D eigenvalue weighted by Gasteiger charge is -2.32. The van der Waals surface area contributed by atoms with Gasteiger partial charge in [0.1, 0.15) is 23.1 Å². The Morgan fingerprint density at radius 1 is 1.24 bits per heavy atom. The molecule has 1 aliphatic rings. The maximum absolute atomic E-state index is 14.4. The number of hydrogen-bond donors (Lipinski definition) is 2. The third-order valence-electron chi connectivity index (χ3n) is 6.14. The van der Waals surface area contributed by atoms with Gasteiger partial charge in [-0.15, -0.1) is 0 Å². The molecule has 34 heavy (non-hydrogen) atoms. The number of imidazole rings is 1. The van der Waals surface area contributed by atoms with Crippen LogP contribution in [0.25, 0.3) is 11.0 Å². The number of aromatic amines is 1. The number of hydrogen-bond acceptors (Lipinski definition) is 6. The number of H-pyrrole nitrogens is 1. The van der Waals surface area contributed by atoms with Crippen molar-refractivity contribution in [1.29, 1.82) is 0 Å². The molecule has 3 N–H and O–H groups in total. The number of nitrogens with two attached hydrogens (primary N) is 1. The summed E-state index contributed by atoms with van der Waals surface area (Å²) in [5, 5.41) is 0. The highest BCUT2D eigenvalue weighted by Crippen LogP contribution is 2.59. The predicted octanol–water partition coefficient (Wildman–Crippen LogP) is 4.44. The Morgan fingerprint density at radius 3 is 2.50 bits per heavy atom. The third-order valence-corrected chi connectivity index (χ3v) is 6.14. The Hall–Kier alpha value is -3.12. The van der Waals surface area contributed by atoms with Gasteiger partial charge in [-0.3, -0.25) is 9.78 Å². The number of halogens is 5. The SMILES string of the molecule is CN.COc1c(C2C(C)[C@](C)(C(F)(F)F)O[C@H]2c2nc3c(C=O)nccc3[nH]2)ccc(F)c1F. The summed E-state index contributed by atoms with van der Waals surface area (Å²) >= 11 is 0. The van der Waals surface area contributed by atoms with Gasteiger partial charge in [-0.1, -0.05) is 13.0 Å². The van der Waals surface area contributed by atoms with Gasteiger partial charge < -0.3 is 20.2 Å². The summed E-state index contributed by atoms with van der Waals surface area (Å²) in [6.07, 6.45) is -4.28. The number of methoxy groups -OCH3 is 1. The lowest BCUT2D eigenvalue weighted by molar-refractivity contribution is -0.275. The average Bonchev–Trinajstić information content (AvgIpc) is 3.36. The van der Waals surface area contributed by atoms with E-state index in [4.69, 9.17) is 9.47 Å². The van der Waals surface area contributed by atoms with E-state index < -0.39 is 47.1 Å². The number of pyridine rings is 1. The molecule has 1 fully saturated rings. The molecule has 1 aromatic carbocycles. The van der Waals surface area contributed by atoms with E-state index in [1.54, 1.807) is 0 Å². The molecule has 184 valence electrons. The van der Waals surface area contributed by atoms with E-state index in [1.807, 2.05) is 0 Å². The Kier molecular flexibility index (Phi) is 6.94. The number of alkyl halides is 3. The molecule has 2 aromatic heterocycles. The van der Waals surface area contributed by atoms with Gasteiger partial charge in [0, 0.05) is 23.6 Å². The second-order valence-electron chi connectivity index (χ2n) is 7.77. The van der Waals surface area contributed by atoms with Crippen molar-refractivity contribution in [2.75, 3.05) is 14.2 Å². The number of fused-ring (bicyclic) bond motifs is 1. The van der Waals surface area contributed by atoms with Gasteiger partial charge in [-0.05, 0) is 26.1 Å². The molecule has 7 nitrogen and oxygen atoms in total.